The van der Waals surface area contributed by atoms with Crippen LogP contribution in [0, 0.1) is 5.92 Å². The molecule has 0 aliphatic carbocycles. The van der Waals surface area contributed by atoms with Gasteiger partial charge in [0.05, 0.1) is 43.8 Å². The molecular weight excluding hydrogens is 597 g/mol. The molecular formula is C33H40FN3O7Si. The highest BCUT2D eigenvalue weighted by molar-refractivity contribution is 6.72. The summed E-state index contributed by atoms with van der Waals surface area (Å²) < 4.78 is 28.1. The molecule has 4 aliphatic rings. The van der Waals surface area contributed by atoms with Gasteiger partial charge in [-0.3, -0.25) is 24.1 Å². The highest BCUT2D eigenvalue weighted by atomic mass is 28.4. The number of nitrogens with zero attached hydrogens (tertiary/aromatic N) is 3. The van der Waals surface area contributed by atoms with Crippen molar-refractivity contribution in [1.82, 2.24) is 4.90 Å². The van der Waals surface area contributed by atoms with E-state index in [0.717, 1.165) is 18.4 Å². The van der Waals surface area contributed by atoms with Crippen LogP contribution >= 0.6 is 0 Å². The lowest BCUT2D eigenvalue weighted by molar-refractivity contribution is -0.154. The summed E-state index contributed by atoms with van der Waals surface area (Å²) in [5.41, 5.74) is 0.525. The first-order valence-corrected chi connectivity index (χ1v) is 18.6. The number of fused-ring (bicyclic) bond motifs is 2. The fourth-order valence-electron chi connectivity index (χ4n) is 7.97. The molecule has 3 saturated heterocycles. The molecule has 2 aromatic carbocycles. The summed E-state index contributed by atoms with van der Waals surface area (Å²) in [6.07, 6.45) is 0.103. The van der Waals surface area contributed by atoms with Crippen LogP contribution in [-0.4, -0.2) is 73.6 Å². The molecule has 0 saturated carbocycles. The lowest BCUT2D eigenvalue weighted by atomic mass is 9.82. The molecule has 240 valence electrons. The van der Waals surface area contributed by atoms with Crippen molar-refractivity contribution in [1.29, 1.82) is 0 Å². The third kappa shape index (κ3) is 5.26. The zero-order valence-corrected chi connectivity index (χ0v) is 27.1. The van der Waals surface area contributed by atoms with Crippen molar-refractivity contribution >= 4 is 43.5 Å². The van der Waals surface area contributed by atoms with Gasteiger partial charge < -0.3 is 28.5 Å². The maximum Gasteiger partial charge on any atom is 0.304 e. The fraction of sp³-hybridized carbons (Fsp3) is 0.515. The van der Waals surface area contributed by atoms with Crippen LogP contribution < -0.4 is 9.80 Å². The minimum atomic E-state index is -3.45. The minimum absolute atomic E-state index is 0.0571. The smallest absolute Gasteiger partial charge is 0.304 e. The number of likely N-dealkylation sites (tertiary alicyclic amines) is 1. The van der Waals surface area contributed by atoms with Gasteiger partial charge in [-0.1, -0.05) is 37.3 Å². The Labute approximate surface area is 263 Å². The van der Waals surface area contributed by atoms with E-state index >= 15 is 4.11 Å². The number of carbonyl (C=O) groups excluding carboxylic acids is 4. The summed E-state index contributed by atoms with van der Waals surface area (Å²) in [6.45, 7) is 6.95. The van der Waals surface area contributed by atoms with E-state index in [-0.39, 0.29) is 49.8 Å². The molecule has 0 bridgehead atoms. The molecule has 4 aliphatic heterocycles. The normalized spacial score (nSPS) is 29.4. The van der Waals surface area contributed by atoms with Gasteiger partial charge in [-0.15, -0.1) is 0 Å². The van der Waals surface area contributed by atoms with E-state index in [4.69, 9.17) is 9.47 Å². The van der Waals surface area contributed by atoms with Gasteiger partial charge in [0.15, 0.2) is 11.8 Å². The first-order chi connectivity index (χ1) is 21.4. The van der Waals surface area contributed by atoms with E-state index < -0.39 is 43.8 Å². The van der Waals surface area contributed by atoms with Crippen LogP contribution in [0.5, 0.6) is 0 Å². The number of benzene rings is 2. The fourth-order valence-corrected chi connectivity index (χ4v) is 10.5. The number of β-lactam (4-membered cyclic amide) rings is 1. The minimum Gasteiger partial charge on any atom is -0.441 e. The summed E-state index contributed by atoms with van der Waals surface area (Å²) in [5, 5.41) is 9.79. The first-order valence-electron chi connectivity index (χ1n) is 15.6. The van der Waals surface area contributed by atoms with Gasteiger partial charge in [-0.25, -0.2) is 0 Å². The number of aliphatic hydroxyl groups is 1. The molecule has 6 atom stereocenters. The molecule has 6 rings (SSSR count). The number of carbonyl (C=O) groups is 4. The number of aliphatic hydroxyl groups excluding tert-OH is 1. The zero-order valence-electron chi connectivity index (χ0n) is 26.1. The Kier molecular flexibility index (Phi) is 8.11. The molecule has 12 heteroatoms. The second kappa shape index (κ2) is 11.6. The Morgan fingerprint density at radius 1 is 1.16 bits per heavy atom. The van der Waals surface area contributed by atoms with Gasteiger partial charge in [0, 0.05) is 36.2 Å². The van der Waals surface area contributed by atoms with Crippen molar-refractivity contribution in [3.8, 4) is 0 Å². The van der Waals surface area contributed by atoms with Crippen LogP contribution in [0.1, 0.15) is 50.7 Å². The molecule has 45 heavy (non-hydrogen) atoms. The van der Waals surface area contributed by atoms with E-state index in [0.29, 0.717) is 23.5 Å². The van der Waals surface area contributed by atoms with Gasteiger partial charge in [-0.05, 0) is 49.7 Å². The van der Waals surface area contributed by atoms with Crippen LogP contribution in [0.4, 0.5) is 15.5 Å². The number of ether oxygens (including phenoxy) is 2. The Morgan fingerprint density at radius 3 is 2.60 bits per heavy atom. The summed E-state index contributed by atoms with van der Waals surface area (Å²) in [5.74, 6) is -1.69. The lowest BCUT2D eigenvalue weighted by Gasteiger charge is -2.39. The zero-order chi connectivity index (χ0) is 32.3. The summed E-state index contributed by atoms with van der Waals surface area (Å²) in [7, 11) is -3.45. The van der Waals surface area contributed by atoms with Crippen LogP contribution in [-0.2, 0) is 40.8 Å². The topological polar surface area (TPSA) is 117 Å². The molecule has 2 aromatic rings. The second-order valence-corrected chi connectivity index (χ2v) is 16.9. The third-order valence-corrected chi connectivity index (χ3v) is 12.3. The Bertz CT molecular complexity index is 1530. The average Bonchev–Trinajstić information content (AvgIpc) is 3.63. The predicted octanol–water partition coefficient (Wildman–Crippen LogP) is 4.01. The molecule has 3 amide bonds. The summed E-state index contributed by atoms with van der Waals surface area (Å²) >= 11 is 0. The molecule has 1 N–H and O–H groups in total. The van der Waals surface area contributed by atoms with Crippen molar-refractivity contribution in [2.24, 2.45) is 5.92 Å². The Hall–Kier alpha value is -3.61. The first kappa shape index (κ1) is 31.4. The number of anilines is 2. The Balaban J connectivity index is 1.31. The second-order valence-electron chi connectivity index (χ2n) is 13.2. The molecule has 0 radical (unpaired) electrons. The molecule has 3 fully saturated rings. The van der Waals surface area contributed by atoms with Gasteiger partial charge in [-0.2, -0.15) is 0 Å². The summed E-state index contributed by atoms with van der Waals surface area (Å²) in [4.78, 5) is 56.8. The van der Waals surface area contributed by atoms with Gasteiger partial charge in [0.1, 0.15) is 0 Å². The monoisotopic (exact) mass is 637 g/mol. The lowest BCUT2D eigenvalue weighted by Crippen LogP contribution is -2.54. The predicted molar refractivity (Wildman–Crippen MR) is 166 cm³/mol. The van der Waals surface area contributed by atoms with Gasteiger partial charge in [0.25, 0.3) is 5.91 Å². The molecule has 4 heterocycles. The largest absolute Gasteiger partial charge is 0.441 e. The average molecular weight is 638 g/mol. The molecule has 1 unspecified atom stereocenters. The number of amides is 3. The third-order valence-electron chi connectivity index (χ3n) is 9.89. The van der Waals surface area contributed by atoms with E-state index in [1.807, 2.05) is 37.3 Å². The van der Waals surface area contributed by atoms with Gasteiger partial charge in [0.2, 0.25) is 20.2 Å². The highest BCUT2D eigenvalue weighted by Gasteiger charge is 2.67. The van der Waals surface area contributed by atoms with Crippen molar-refractivity contribution in [2.45, 2.75) is 88.7 Å². The quantitative estimate of drug-likeness (QED) is 0.201. The van der Waals surface area contributed by atoms with Crippen molar-refractivity contribution in [2.75, 3.05) is 23.0 Å². The Morgan fingerprint density at radius 2 is 1.91 bits per heavy atom. The standard InChI is InChI=1S/C33H40FN3O7Si/c1-20-31(45(3,4)34)27(16-28(40)35-14-8-11-24(35)19-38)44-33(20)25-12-5-6-13-26(25)36(32(33)42)18-22-9-7-10-23(15-22)37-29(41)17-30(37)43-21(2)39/h5-7,9-10,12-13,15,20,24,27,30-31,38H,8,11,14,16-19H2,1-4H3/t20-,24-,27+,30?,31-,33+/m0/s1. The van der Waals surface area contributed by atoms with E-state index in [2.05, 4.69) is 0 Å². The van der Waals surface area contributed by atoms with Crippen molar-refractivity contribution in [3.05, 3.63) is 59.7 Å². The van der Waals surface area contributed by atoms with Gasteiger partial charge >= 0.3 is 5.97 Å². The highest BCUT2D eigenvalue weighted by Crippen LogP contribution is 2.60. The number of halogens is 1. The number of hydrogen-bond acceptors (Lipinski definition) is 7. The van der Waals surface area contributed by atoms with E-state index in [9.17, 15) is 24.3 Å². The molecule has 1 spiro atoms. The van der Waals surface area contributed by atoms with E-state index in [1.54, 1.807) is 41.1 Å². The van der Waals surface area contributed by atoms with Crippen molar-refractivity contribution in [3.63, 3.8) is 0 Å². The van der Waals surface area contributed by atoms with Crippen molar-refractivity contribution < 1.29 is 37.9 Å². The molecule has 10 nitrogen and oxygen atoms in total. The number of para-hydroxylation sites is 1. The number of rotatable bonds is 8. The number of hydrogen-bond donors (Lipinski definition) is 1. The van der Waals surface area contributed by atoms with Crippen LogP contribution in [0.2, 0.25) is 18.6 Å². The van der Waals surface area contributed by atoms with Crippen LogP contribution in [0.3, 0.4) is 0 Å². The summed E-state index contributed by atoms with van der Waals surface area (Å²) in [6, 6.07) is 14.3. The maximum absolute atomic E-state index is 16.2. The van der Waals surface area contributed by atoms with E-state index in [1.165, 1.54) is 11.8 Å². The number of esters is 1. The maximum atomic E-state index is 16.2. The van der Waals surface area contributed by atoms with Crippen LogP contribution in [0.25, 0.3) is 0 Å². The van der Waals surface area contributed by atoms with Crippen LogP contribution in [0.15, 0.2) is 48.5 Å². The SMILES string of the molecule is CC(=O)OC1CC(=O)N1c1cccc(CN2C(=O)[C@]3(O[C@H](CC(=O)N4CCC[C@H]4CO)[C@@H]([Si](C)(C)F)[C@@H]3C)c3ccccc32)c1. The molecule has 0 aromatic heterocycles.